The molecule has 3 aromatic rings. The van der Waals surface area contributed by atoms with Gasteiger partial charge in [-0.3, -0.25) is 18.7 Å². The Hall–Kier alpha value is -3.01. The van der Waals surface area contributed by atoms with Gasteiger partial charge in [0.1, 0.15) is 0 Å². The lowest BCUT2D eigenvalue weighted by Crippen LogP contribution is -2.40. The molecule has 1 amide bonds. The lowest BCUT2D eigenvalue weighted by atomic mass is 10.2. The molecule has 0 radical (unpaired) electrons. The number of carbonyl (C=O) groups is 1. The third kappa shape index (κ3) is 6.07. The molecule has 3 rings (SSSR count). The van der Waals surface area contributed by atoms with Gasteiger partial charge in [0.2, 0.25) is 11.2 Å². The molecule has 2 N–H and O–H groups in total. The summed E-state index contributed by atoms with van der Waals surface area (Å²) in [4.78, 5) is 44.6. The van der Waals surface area contributed by atoms with Gasteiger partial charge >= 0.3 is 5.69 Å². The van der Waals surface area contributed by atoms with Gasteiger partial charge in [0, 0.05) is 26.1 Å². The number of halogens is 3. The van der Waals surface area contributed by atoms with Crippen molar-refractivity contribution in [1.82, 2.24) is 24.4 Å². The summed E-state index contributed by atoms with van der Waals surface area (Å²) >= 11 is 5.93. The predicted octanol–water partition coefficient (Wildman–Crippen LogP) is 3.49. The van der Waals surface area contributed by atoms with Gasteiger partial charge in [-0.25, -0.2) is 13.6 Å². The molecule has 11 heteroatoms. The van der Waals surface area contributed by atoms with Crippen molar-refractivity contribution in [2.45, 2.75) is 65.1 Å². The molecule has 8 nitrogen and oxygen atoms in total. The molecule has 33 heavy (non-hydrogen) atoms. The molecule has 0 aliphatic heterocycles. The fourth-order valence-corrected chi connectivity index (χ4v) is 3.73. The number of rotatable bonds is 11. The minimum atomic E-state index is -0.969. The Kier molecular flexibility index (Phi) is 8.37. The minimum absolute atomic E-state index is 0.0428. The number of nitrogens with zero attached hydrogens (tertiary/aromatic N) is 3. The van der Waals surface area contributed by atoms with Crippen molar-refractivity contribution >= 4 is 28.7 Å². The molecule has 0 unspecified atom stereocenters. The number of H-pyrrole nitrogens is 1. The van der Waals surface area contributed by atoms with E-state index in [1.165, 1.54) is 10.6 Å². The molecular weight excluding hydrogens is 456 g/mol. The van der Waals surface area contributed by atoms with Crippen LogP contribution in [0.25, 0.3) is 11.2 Å². The van der Waals surface area contributed by atoms with E-state index in [4.69, 9.17) is 11.6 Å². The third-order valence-corrected chi connectivity index (χ3v) is 5.51. The number of aromatic nitrogens is 4. The van der Waals surface area contributed by atoms with Gasteiger partial charge in [-0.2, -0.15) is 4.98 Å². The van der Waals surface area contributed by atoms with Crippen LogP contribution in [0.3, 0.4) is 0 Å². The van der Waals surface area contributed by atoms with Gasteiger partial charge in [0.15, 0.2) is 22.8 Å². The average Bonchev–Trinajstić information content (AvgIpc) is 3.18. The van der Waals surface area contributed by atoms with Gasteiger partial charge in [0.25, 0.3) is 5.56 Å². The van der Waals surface area contributed by atoms with Crippen LogP contribution in [0, 0.1) is 11.6 Å². The van der Waals surface area contributed by atoms with E-state index in [1.807, 2.05) is 0 Å². The number of fused-ring (bicyclic) bond motifs is 1. The minimum Gasteiger partial charge on any atom is -0.352 e. The number of hydrogen-bond donors (Lipinski definition) is 2. The molecule has 2 heterocycles. The van der Waals surface area contributed by atoms with Crippen molar-refractivity contribution in [1.29, 1.82) is 0 Å². The van der Waals surface area contributed by atoms with Crippen molar-refractivity contribution < 1.29 is 13.6 Å². The number of unbranched alkanes of at least 4 members (excludes halogenated alkanes) is 3. The lowest BCUT2D eigenvalue weighted by molar-refractivity contribution is -0.121. The topological polar surface area (TPSA) is 102 Å². The average molecular weight is 482 g/mol. The third-order valence-electron chi connectivity index (χ3n) is 5.33. The Bertz CT molecular complexity index is 1250. The van der Waals surface area contributed by atoms with Gasteiger partial charge in [-0.15, -0.1) is 0 Å². The molecule has 0 saturated heterocycles. The van der Waals surface area contributed by atoms with Gasteiger partial charge in [-0.1, -0.05) is 25.8 Å². The van der Waals surface area contributed by atoms with Crippen LogP contribution >= 0.6 is 11.6 Å². The number of aryl methyl sites for hydroxylation is 1. The fraction of sp³-hybridized carbons (Fsp3) is 0.455. The maximum Gasteiger partial charge on any atom is 0.332 e. The summed E-state index contributed by atoms with van der Waals surface area (Å²) in [6.45, 7) is 2.71. The van der Waals surface area contributed by atoms with Crippen molar-refractivity contribution in [3.63, 3.8) is 0 Å². The number of carbonyl (C=O) groups excluding carboxylic acids is 1. The molecule has 0 aliphatic carbocycles. The summed E-state index contributed by atoms with van der Waals surface area (Å²) in [6, 6.07) is 3.44. The summed E-state index contributed by atoms with van der Waals surface area (Å²) in [5, 5.41) is 2.68. The molecular formula is C22H26ClF2N5O3. The highest BCUT2D eigenvalue weighted by atomic mass is 35.5. The molecule has 2 aromatic heterocycles. The molecule has 1 aromatic carbocycles. The lowest BCUT2D eigenvalue weighted by Gasteiger charge is -2.11. The zero-order valence-electron chi connectivity index (χ0n) is 18.3. The van der Waals surface area contributed by atoms with Gasteiger partial charge in [0.05, 0.1) is 0 Å². The van der Waals surface area contributed by atoms with Crippen LogP contribution in [-0.2, 0) is 24.4 Å². The highest BCUT2D eigenvalue weighted by Crippen LogP contribution is 2.11. The first-order valence-corrected chi connectivity index (χ1v) is 11.3. The summed E-state index contributed by atoms with van der Waals surface area (Å²) in [5.41, 5.74) is -0.0678. The van der Waals surface area contributed by atoms with Crippen LogP contribution in [0.15, 0.2) is 27.8 Å². The van der Waals surface area contributed by atoms with Crippen molar-refractivity contribution in [2.24, 2.45) is 0 Å². The van der Waals surface area contributed by atoms with E-state index >= 15 is 0 Å². The second-order valence-electron chi connectivity index (χ2n) is 7.81. The van der Waals surface area contributed by atoms with E-state index in [-0.39, 0.29) is 41.9 Å². The number of amides is 1. The van der Waals surface area contributed by atoms with E-state index in [9.17, 15) is 23.2 Å². The molecule has 0 atom stereocenters. The van der Waals surface area contributed by atoms with Crippen LogP contribution in [0.1, 0.15) is 51.0 Å². The van der Waals surface area contributed by atoms with Crippen LogP contribution in [0.5, 0.6) is 0 Å². The largest absolute Gasteiger partial charge is 0.352 e. The smallest absolute Gasteiger partial charge is 0.332 e. The molecule has 0 saturated carbocycles. The number of benzene rings is 1. The van der Waals surface area contributed by atoms with E-state index in [2.05, 4.69) is 22.2 Å². The highest BCUT2D eigenvalue weighted by Gasteiger charge is 2.16. The van der Waals surface area contributed by atoms with Crippen LogP contribution in [0.2, 0.25) is 5.28 Å². The molecule has 0 aliphatic rings. The predicted molar refractivity (Wildman–Crippen MR) is 121 cm³/mol. The Morgan fingerprint density at radius 2 is 1.82 bits per heavy atom. The number of imidazole rings is 1. The highest BCUT2D eigenvalue weighted by molar-refractivity contribution is 6.28. The quantitative estimate of drug-likeness (QED) is 0.323. The van der Waals surface area contributed by atoms with E-state index in [0.29, 0.717) is 24.9 Å². The fourth-order valence-electron chi connectivity index (χ4n) is 3.55. The van der Waals surface area contributed by atoms with Crippen LogP contribution in [-0.4, -0.2) is 25.0 Å². The Labute approximate surface area is 193 Å². The van der Waals surface area contributed by atoms with Crippen molar-refractivity contribution in [3.05, 3.63) is 61.5 Å². The normalized spacial score (nSPS) is 11.3. The zero-order valence-corrected chi connectivity index (χ0v) is 19.1. The molecule has 0 spiro atoms. The Morgan fingerprint density at radius 3 is 2.55 bits per heavy atom. The maximum atomic E-state index is 13.2. The monoisotopic (exact) mass is 481 g/mol. The zero-order chi connectivity index (χ0) is 24.0. The molecule has 0 fully saturated rings. The summed E-state index contributed by atoms with van der Waals surface area (Å²) in [5.74, 6) is -2.18. The van der Waals surface area contributed by atoms with E-state index in [0.717, 1.165) is 36.0 Å². The van der Waals surface area contributed by atoms with Crippen LogP contribution in [0.4, 0.5) is 8.78 Å². The second-order valence-corrected chi connectivity index (χ2v) is 8.16. The van der Waals surface area contributed by atoms with E-state index < -0.39 is 22.9 Å². The number of nitrogens with one attached hydrogen (secondary N) is 2. The first-order chi connectivity index (χ1) is 15.8. The first-order valence-electron chi connectivity index (χ1n) is 10.9. The standard InChI is InChI=1S/C22H26ClF2N5O3/c1-2-3-5-10-29-19-18(27-21(23)28-19)20(32)30(22(29)33)11-6-4-7-17(31)26-13-14-8-9-15(24)16(25)12-14/h8-9,12H,2-7,10-11,13H2,1H3,(H,26,31)(H,27,28). The molecule has 178 valence electrons. The van der Waals surface area contributed by atoms with Crippen molar-refractivity contribution in [2.75, 3.05) is 0 Å². The Morgan fingerprint density at radius 1 is 1.09 bits per heavy atom. The summed E-state index contributed by atoms with van der Waals surface area (Å²) < 4.78 is 28.8. The summed E-state index contributed by atoms with van der Waals surface area (Å²) in [7, 11) is 0. The number of aromatic amines is 1. The second kappa shape index (κ2) is 11.2. The Balaban J connectivity index is 1.60. The van der Waals surface area contributed by atoms with Gasteiger partial charge < -0.3 is 10.3 Å². The maximum absolute atomic E-state index is 13.2. The SMILES string of the molecule is CCCCCn1c(=O)n(CCCCC(=O)NCc2ccc(F)c(F)c2)c(=O)c2[nH]c(Cl)nc21. The van der Waals surface area contributed by atoms with Crippen molar-refractivity contribution in [3.8, 4) is 0 Å². The van der Waals surface area contributed by atoms with E-state index in [1.54, 1.807) is 0 Å². The van der Waals surface area contributed by atoms with Gasteiger partial charge in [-0.05, 0) is 48.6 Å². The summed E-state index contributed by atoms with van der Waals surface area (Å²) in [6.07, 6.45) is 3.72. The van der Waals surface area contributed by atoms with Crippen LogP contribution < -0.4 is 16.6 Å². The molecule has 0 bridgehead atoms. The number of hydrogen-bond acceptors (Lipinski definition) is 4. The first kappa shape index (κ1) is 24.6.